The highest BCUT2D eigenvalue weighted by Gasteiger charge is 2.20. The lowest BCUT2D eigenvalue weighted by Crippen LogP contribution is -2.41. The number of nitriles is 1. The highest BCUT2D eigenvalue weighted by Crippen LogP contribution is 2.19. The maximum absolute atomic E-state index is 14.1. The van der Waals surface area contributed by atoms with Crippen LogP contribution >= 0.6 is 0 Å². The molecule has 0 aliphatic heterocycles. The van der Waals surface area contributed by atoms with E-state index >= 15 is 0 Å². The largest absolute Gasteiger partial charge is 0.492 e. The summed E-state index contributed by atoms with van der Waals surface area (Å²) in [6.45, 7) is 5.28. The molecule has 2 rings (SSSR count). The van der Waals surface area contributed by atoms with Crippen molar-refractivity contribution in [3.63, 3.8) is 0 Å². The molecule has 0 aromatic heterocycles. The highest BCUT2D eigenvalue weighted by molar-refractivity contribution is 5.94. The average molecular weight is 383 g/mol. The van der Waals surface area contributed by atoms with Gasteiger partial charge in [-0.15, -0.1) is 0 Å². The van der Waals surface area contributed by atoms with E-state index in [-0.39, 0.29) is 31.1 Å². The Morgan fingerprint density at radius 3 is 2.46 bits per heavy atom. The van der Waals surface area contributed by atoms with Crippen LogP contribution in [0.4, 0.5) is 10.1 Å². The molecule has 0 unspecified atom stereocenters. The van der Waals surface area contributed by atoms with Gasteiger partial charge in [-0.2, -0.15) is 5.26 Å². The van der Waals surface area contributed by atoms with E-state index in [0.717, 1.165) is 16.9 Å². The molecule has 5 nitrogen and oxygen atoms in total. The minimum atomic E-state index is -0.477. The Labute approximate surface area is 165 Å². The number of anilines is 1. The first-order valence-electron chi connectivity index (χ1n) is 9.22. The van der Waals surface area contributed by atoms with Gasteiger partial charge in [-0.25, -0.2) is 4.39 Å². The number of hydrogen-bond acceptors (Lipinski definition) is 4. The van der Waals surface area contributed by atoms with Crippen molar-refractivity contribution < 1.29 is 13.9 Å². The van der Waals surface area contributed by atoms with Gasteiger partial charge in [0, 0.05) is 13.1 Å². The zero-order valence-electron chi connectivity index (χ0n) is 16.6. The molecule has 0 bridgehead atoms. The number of carbonyl (C=O) groups excluding carboxylic acids is 1. The number of nitrogens with zero attached hydrogens (tertiary/aromatic N) is 3. The number of carbonyl (C=O) groups is 1. The number of halogens is 1. The van der Waals surface area contributed by atoms with Gasteiger partial charge in [0.1, 0.15) is 18.2 Å². The molecule has 6 heteroatoms. The van der Waals surface area contributed by atoms with Gasteiger partial charge in [0.05, 0.1) is 24.7 Å². The molecule has 28 heavy (non-hydrogen) atoms. The fourth-order valence-electron chi connectivity index (χ4n) is 2.94. The van der Waals surface area contributed by atoms with Crippen molar-refractivity contribution in [2.75, 3.05) is 38.2 Å². The van der Waals surface area contributed by atoms with Crippen LogP contribution in [0.5, 0.6) is 5.75 Å². The van der Waals surface area contributed by atoms with Crippen molar-refractivity contribution in [1.82, 2.24) is 4.90 Å². The molecule has 2 aromatic carbocycles. The fraction of sp³-hybridized carbons (Fsp3) is 0.364. The van der Waals surface area contributed by atoms with Crippen molar-refractivity contribution in [2.45, 2.75) is 20.3 Å². The average Bonchev–Trinajstić information content (AvgIpc) is 2.62. The molecule has 0 aliphatic carbocycles. The maximum atomic E-state index is 14.1. The molecule has 0 N–H and O–H groups in total. The third-order valence-corrected chi connectivity index (χ3v) is 4.23. The minimum Gasteiger partial charge on any atom is -0.492 e. The Morgan fingerprint density at radius 2 is 1.82 bits per heavy atom. The number of aryl methyl sites for hydroxylation is 2. The van der Waals surface area contributed by atoms with Crippen LogP contribution in [0, 0.1) is 31.0 Å². The van der Waals surface area contributed by atoms with E-state index in [4.69, 9.17) is 10.00 Å². The van der Waals surface area contributed by atoms with Crippen LogP contribution in [0.3, 0.4) is 0 Å². The fourth-order valence-corrected chi connectivity index (χ4v) is 2.94. The van der Waals surface area contributed by atoms with Gasteiger partial charge in [-0.3, -0.25) is 9.69 Å². The molecule has 0 atom stereocenters. The summed E-state index contributed by atoms with van der Waals surface area (Å²) in [5.41, 5.74) is 2.47. The monoisotopic (exact) mass is 383 g/mol. The summed E-state index contributed by atoms with van der Waals surface area (Å²) in [5.74, 6) is 0.0723. The second kappa shape index (κ2) is 10.4. The first-order valence-corrected chi connectivity index (χ1v) is 9.22. The Kier molecular flexibility index (Phi) is 7.97. The Morgan fingerprint density at radius 1 is 1.14 bits per heavy atom. The molecular formula is C22H26FN3O2. The molecule has 0 spiro atoms. The summed E-state index contributed by atoms with van der Waals surface area (Å²) in [7, 11) is 1.81. The second-order valence-electron chi connectivity index (χ2n) is 6.81. The Hall–Kier alpha value is -2.91. The zero-order chi connectivity index (χ0) is 20.5. The summed E-state index contributed by atoms with van der Waals surface area (Å²) >= 11 is 0. The van der Waals surface area contributed by atoms with Crippen molar-refractivity contribution in [3.05, 3.63) is 59.4 Å². The van der Waals surface area contributed by atoms with E-state index < -0.39 is 5.82 Å². The molecular weight excluding hydrogens is 357 g/mol. The Bertz CT molecular complexity index is 828. The topological polar surface area (TPSA) is 56.6 Å². The highest BCUT2D eigenvalue weighted by atomic mass is 19.1. The predicted octanol–water partition coefficient (Wildman–Crippen LogP) is 3.70. The molecule has 0 saturated heterocycles. The molecule has 1 amide bonds. The predicted molar refractivity (Wildman–Crippen MR) is 108 cm³/mol. The van der Waals surface area contributed by atoms with Crippen LogP contribution in [0.2, 0.25) is 0 Å². The standard InChI is InChI=1S/C22H26FN3O2/c1-17-13-18(2)15-19(14-17)28-12-11-25(3)16-22(27)26(10-6-9-24)21-8-5-4-7-20(21)23/h4-5,7-8,13-15H,6,10-12,16H2,1-3H3. The van der Waals surface area contributed by atoms with Gasteiger partial charge < -0.3 is 9.64 Å². The van der Waals surface area contributed by atoms with Crippen LogP contribution in [0.25, 0.3) is 0 Å². The lowest BCUT2D eigenvalue weighted by molar-refractivity contribution is -0.119. The van der Waals surface area contributed by atoms with Crippen LogP contribution in [0.15, 0.2) is 42.5 Å². The number of para-hydroxylation sites is 1. The lowest BCUT2D eigenvalue weighted by atomic mass is 10.1. The summed E-state index contributed by atoms with van der Waals surface area (Å²) < 4.78 is 19.9. The summed E-state index contributed by atoms with van der Waals surface area (Å²) in [4.78, 5) is 15.9. The van der Waals surface area contributed by atoms with E-state index in [2.05, 4.69) is 6.07 Å². The van der Waals surface area contributed by atoms with Gasteiger partial charge in [0.2, 0.25) is 5.91 Å². The van der Waals surface area contributed by atoms with Crippen LogP contribution < -0.4 is 9.64 Å². The second-order valence-corrected chi connectivity index (χ2v) is 6.81. The van der Waals surface area contributed by atoms with Gasteiger partial charge in [0.15, 0.2) is 0 Å². The van der Waals surface area contributed by atoms with Crippen molar-refractivity contribution in [1.29, 1.82) is 5.26 Å². The van der Waals surface area contributed by atoms with Crippen molar-refractivity contribution in [3.8, 4) is 11.8 Å². The quantitative estimate of drug-likeness (QED) is 0.663. The SMILES string of the molecule is Cc1cc(C)cc(OCCN(C)CC(=O)N(CCC#N)c2ccccc2F)c1. The lowest BCUT2D eigenvalue weighted by Gasteiger charge is -2.25. The summed E-state index contributed by atoms with van der Waals surface area (Å²) in [6.07, 6.45) is 0.139. The van der Waals surface area contributed by atoms with E-state index in [1.807, 2.05) is 44.0 Å². The van der Waals surface area contributed by atoms with Crippen LogP contribution in [-0.2, 0) is 4.79 Å². The molecule has 0 saturated carbocycles. The normalized spacial score (nSPS) is 10.6. The van der Waals surface area contributed by atoms with Gasteiger partial charge >= 0.3 is 0 Å². The van der Waals surface area contributed by atoms with E-state index in [9.17, 15) is 9.18 Å². The van der Waals surface area contributed by atoms with E-state index in [0.29, 0.717) is 13.2 Å². The smallest absolute Gasteiger partial charge is 0.241 e. The molecule has 148 valence electrons. The number of amides is 1. The summed E-state index contributed by atoms with van der Waals surface area (Å²) in [5, 5.41) is 8.85. The third-order valence-electron chi connectivity index (χ3n) is 4.23. The van der Waals surface area contributed by atoms with Gasteiger partial charge in [-0.1, -0.05) is 18.2 Å². The Balaban J connectivity index is 1.92. The molecule has 0 aliphatic rings. The van der Waals surface area contributed by atoms with Crippen LogP contribution in [-0.4, -0.2) is 44.1 Å². The number of benzene rings is 2. The van der Waals surface area contributed by atoms with E-state index in [1.54, 1.807) is 18.2 Å². The van der Waals surface area contributed by atoms with E-state index in [1.165, 1.54) is 11.0 Å². The molecule has 0 radical (unpaired) electrons. The molecule has 0 heterocycles. The minimum absolute atomic E-state index is 0.107. The zero-order valence-corrected chi connectivity index (χ0v) is 16.6. The number of rotatable bonds is 9. The first-order chi connectivity index (χ1) is 13.4. The maximum Gasteiger partial charge on any atom is 0.241 e. The molecule has 0 fully saturated rings. The number of ether oxygens (including phenoxy) is 1. The van der Waals surface area contributed by atoms with Crippen LogP contribution in [0.1, 0.15) is 17.5 Å². The third kappa shape index (κ3) is 6.36. The summed E-state index contributed by atoms with van der Waals surface area (Å²) in [6, 6.07) is 14.1. The number of likely N-dealkylation sites (N-methyl/N-ethyl adjacent to an activating group) is 1. The van der Waals surface area contributed by atoms with Crippen molar-refractivity contribution >= 4 is 11.6 Å². The first kappa shape index (κ1) is 21.4. The molecule has 2 aromatic rings. The number of hydrogen-bond donors (Lipinski definition) is 0. The van der Waals surface area contributed by atoms with Gasteiger partial charge in [-0.05, 0) is 56.3 Å². The van der Waals surface area contributed by atoms with Crippen molar-refractivity contribution in [2.24, 2.45) is 0 Å². The van der Waals surface area contributed by atoms with Gasteiger partial charge in [0.25, 0.3) is 0 Å².